The van der Waals surface area contributed by atoms with Crippen LogP contribution in [0.4, 0.5) is 5.69 Å². The van der Waals surface area contributed by atoms with Gasteiger partial charge in [0.1, 0.15) is 0 Å². The predicted molar refractivity (Wildman–Crippen MR) is 85.3 cm³/mol. The van der Waals surface area contributed by atoms with E-state index in [4.69, 9.17) is 4.74 Å². The molecule has 1 saturated heterocycles. The Morgan fingerprint density at radius 2 is 2.05 bits per heavy atom. The Balaban J connectivity index is 1.88. The van der Waals surface area contributed by atoms with Crippen molar-refractivity contribution in [3.63, 3.8) is 0 Å². The first kappa shape index (κ1) is 15.3. The van der Waals surface area contributed by atoms with E-state index in [0.717, 1.165) is 32.8 Å². The van der Waals surface area contributed by atoms with Crippen LogP contribution in [0, 0.1) is 0 Å². The van der Waals surface area contributed by atoms with E-state index in [1.54, 1.807) is 0 Å². The fourth-order valence-electron chi connectivity index (χ4n) is 2.78. The van der Waals surface area contributed by atoms with Crippen molar-refractivity contribution < 1.29 is 4.74 Å². The van der Waals surface area contributed by atoms with Crippen LogP contribution in [-0.2, 0) is 11.3 Å². The van der Waals surface area contributed by atoms with Crippen LogP contribution in [0.5, 0.6) is 0 Å². The van der Waals surface area contributed by atoms with E-state index >= 15 is 0 Å². The lowest BCUT2D eigenvalue weighted by Crippen LogP contribution is -2.39. The molecule has 0 saturated carbocycles. The van der Waals surface area contributed by atoms with Crippen molar-refractivity contribution in [3.8, 4) is 0 Å². The Hall–Kier alpha value is -1.06. The Bertz CT molecular complexity index is 375. The number of nitrogens with zero attached hydrogens (tertiary/aromatic N) is 1. The minimum atomic E-state index is 0.402. The van der Waals surface area contributed by atoms with Crippen molar-refractivity contribution in [2.45, 2.75) is 45.8 Å². The maximum absolute atomic E-state index is 5.77. The summed E-state index contributed by atoms with van der Waals surface area (Å²) >= 11 is 0. The first-order valence-electron chi connectivity index (χ1n) is 7.99. The second kappa shape index (κ2) is 8.28. The van der Waals surface area contributed by atoms with Gasteiger partial charge in [0, 0.05) is 31.9 Å². The fourth-order valence-corrected chi connectivity index (χ4v) is 2.78. The number of nitrogens with one attached hydrogen (secondary N) is 1. The van der Waals surface area contributed by atoms with E-state index < -0.39 is 0 Å². The first-order valence-corrected chi connectivity index (χ1v) is 7.99. The van der Waals surface area contributed by atoms with Crippen LogP contribution in [0.1, 0.15) is 38.7 Å². The molecule has 1 heterocycles. The molecule has 0 amide bonds. The highest BCUT2D eigenvalue weighted by Gasteiger charge is 2.19. The lowest BCUT2D eigenvalue weighted by molar-refractivity contribution is 0.0527. The van der Waals surface area contributed by atoms with Gasteiger partial charge in [0.2, 0.25) is 0 Å². The van der Waals surface area contributed by atoms with Gasteiger partial charge in [0.15, 0.2) is 0 Å². The Kier molecular flexibility index (Phi) is 6.34. The van der Waals surface area contributed by atoms with Crippen LogP contribution in [0.2, 0.25) is 0 Å². The largest absolute Gasteiger partial charge is 0.377 e. The highest BCUT2D eigenvalue weighted by Crippen LogP contribution is 2.21. The molecule has 1 aromatic rings. The van der Waals surface area contributed by atoms with E-state index in [1.165, 1.54) is 30.5 Å². The molecule has 0 aromatic heterocycles. The lowest BCUT2D eigenvalue weighted by atomic mass is 10.1. The summed E-state index contributed by atoms with van der Waals surface area (Å²) in [5, 5.41) is 3.44. The average Bonchev–Trinajstić information content (AvgIpc) is 2.49. The maximum Gasteiger partial charge on any atom is 0.0750 e. The van der Waals surface area contributed by atoms with Gasteiger partial charge >= 0.3 is 0 Å². The summed E-state index contributed by atoms with van der Waals surface area (Å²) in [6.45, 7) is 9.33. The molecule has 1 N–H and O–H groups in total. The van der Waals surface area contributed by atoms with E-state index in [2.05, 4.69) is 48.3 Å². The SMILES string of the molecule is CCCNCc1ccc(N2CCCC(OCC)C2)cc1. The molecular formula is C17H28N2O. The smallest absolute Gasteiger partial charge is 0.0750 e. The summed E-state index contributed by atoms with van der Waals surface area (Å²) in [7, 11) is 0. The minimum Gasteiger partial charge on any atom is -0.377 e. The quantitative estimate of drug-likeness (QED) is 0.774. The molecule has 1 aromatic carbocycles. The van der Waals surface area contributed by atoms with Crippen molar-refractivity contribution in [3.05, 3.63) is 29.8 Å². The van der Waals surface area contributed by atoms with Crippen molar-refractivity contribution in [2.75, 3.05) is 31.1 Å². The summed E-state index contributed by atoms with van der Waals surface area (Å²) in [5.41, 5.74) is 2.69. The summed E-state index contributed by atoms with van der Waals surface area (Å²) in [6.07, 6.45) is 4.01. The number of benzene rings is 1. The molecule has 0 radical (unpaired) electrons. The minimum absolute atomic E-state index is 0.402. The van der Waals surface area contributed by atoms with Gasteiger partial charge in [-0.2, -0.15) is 0 Å². The number of hydrogen-bond acceptors (Lipinski definition) is 3. The van der Waals surface area contributed by atoms with Gasteiger partial charge in [0.05, 0.1) is 6.10 Å². The molecule has 20 heavy (non-hydrogen) atoms. The molecule has 1 atom stereocenters. The van der Waals surface area contributed by atoms with Gasteiger partial charge in [-0.25, -0.2) is 0 Å². The van der Waals surface area contributed by atoms with E-state index in [0.29, 0.717) is 6.10 Å². The Morgan fingerprint density at radius 3 is 2.75 bits per heavy atom. The molecule has 1 aliphatic rings. The van der Waals surface area contributed by atoms with Gasteiger partial charge in [0.25, 0.3) is 0 Å². The molecule has 0 bridgehead atoms. The Morgan fingerprint density at radius 1 is 1.25 bits per heavy atom. The van der Waals surface area contributed by atoms with Gasteiger partial charge in [-0.1, -0.05) is 19.1 Å². The van der Waals surface area contributed by atoms with Crippen LogP contribution in [0.3, 0.4) is 0 Å². The summed E-state index contributed by atoms with van der Waals surface area (Å²) in [6, 6.07) is 8.97. The molecular weight excluding hydrogens is 248 g/mol. The molecule has 112 valence electrons. The number of rotatable bonds is 7. The zero-order valence-electron chi connectivity index (χ0n) is 12.9. The number of piperidine rings is 1. The molecule has 1 aliphatic heterocycles. The third-order valence-electron chi connectivity index (χ3n) is 3.84. The maximum atomic E-state index is 5.77. The van der Waals surface area contributed by atoms with Gasteiger partial charge in [-0.15, -0.1) is 0 Å². The van der Waals surface area contributed by atoms with Gasteiger partial charge in [-0.05, 0) is 50.4 Å². The zero-order chi connectivity index (χ0) is 14.2. The topological polar surface area (TPSA) is 24.5 Å². The second-order valence-electron chi connectivity index (χ2n) is 5.51. The van der Waals surface area contributed by atoms with Crippen LogP contribution in [0.15, 0.2) is 24.3 Å². The number of anilines is 1. The second-order valence-corrected chi connectivity index (χ2v) is 5.51. The molecule has 3 heteroatoms. The third-order valence-corrected chi connectivity index (χ3v) is 3.84. The third kappa shape index (κ3) is 4.50. The van der Waals surface area contributed by atoms with Crippen molar-refractivity contribution in [1.29, 1.82) is 0 Å². The number of ether oxygens (including phenoxy) is 1. The van der Waals surface area contributed by atoms with E-state index in [1.807, 2.05) is 0 Å². The molecule has 1 unspecified atom stereocenters. The molecule has 1 fully saturated rings. The predicted octanol–water partition coefficient (Wildman–Crippen LogP) is 3.19. The van der Waals surface area contributed by atoms with Crippen molar-refractivity contribution in [1.82, 2.24) is 5.32 Å². The summed E-state index contributed by atoms with van der Waals surface area (Å²) in [5.74, 6) is 0. The first-order chi connectivity index (χ1) is 9.83. The van der Waals surface area contributed by atoms with Crippen LogP contribution in [0.25, 0.3) is 0 Å². The zero-order valence-corrected chi connectivity index (χ0v) is 12.9. The summed E-state index contributed by atoms with van der Waals surface area (Å²) < 4.78 is 5.77. The number of hydrogen-bond donors (Lipinski definition) is 1. The van der Waals surface area contributed by atoms with Crippen LogP contribution >= 0.6 is 0 Å². The van der Waals surface area contributed by atoms with E-state index in [9.17, 15) is 0 Å². The van der Waals surface area contributed by atoms with Crippen molar-refractivity contribution in [2.24, 2.45) is 0 Å². The Labute approximate surface area is 123 Å². The molecule has 2 rings (SSSR count). The van der Waals surface area contributed by atoms with Crippen molar-refractivity contribution >= 4 is 5.69 Å². The summed E-state index contributed by atoms with van der Waals surface area (Å²) in [4.78, 5) is 2.45. The van der Waals surface area contributed by atoms with Crippen LogP contribution < -0.4 is 10.2 Å². The molecule has 0 spiro atoms. The van der Waals surface area contributed by atoms with Gasteiger partial charge < -0.3 is 15.0 Å². The normalized spacial score (nSPS) is 19.3. The van der Waals surface area contributed by atoms with E-state index in [-0.39, 0.29) is 0 Å². The standard InChI is InChI=1S/C17H28N2O/c1-3-11-18-13-15-7-9-16(10-8-15)19-12-5-6-17(14-19)20-4-2/h7-10,17-18H,3-6,11-14H2,1-2H3. The fraction of sp³-hybridized carbons (Fsp3) is 0.647. The van der Waals surface area contributed by atoms with Crippen LogP contribution in [-0.4, -0.2) is 32.3 Å². The monoisotopic (exact) mass is 276 g/mol. The molecule has 0 aliphatic carbocycles. The van der Waals surface area contributed by atoms with Gasteiger partial charge in [-0.3, -0.25) is 0 Å². The lowest BCUT2D eigenvalue weighted by Gasteiger charge is -2.34. The average molecular weight is 276 g/mol. The highest BCUT2D eigenvalue weighted by molar-refractivity contribution is 5.48. The molecule has 3 nitrogen and oxygen atoms in total. The highest BCUT2D eigenvalue weighted by atomic mass is 16.5.